The Kier molecular flexibility index (Phi) is 4.31. The molecule has 1 aromatic carbocycles. The molecule has 0 saturated heterocycles. The molecule has 0 saturated carbocycles. The van der Waals surface area contributed by atoms with Crippen LogP contribution in [0.2, 0.25) is 0 Å². The molecular weight excluding hydrogens is 236 g/mol. The maximum atomic E-state index is 13.1. The van der Waals surface area contributed by atoms with Crippen molar-refractivity contribution in [1.82, 2.24) is 5.32 Å². The van der Waals surface area contributed by atoms with Crippen molar-refractivity contribution in [3.8, 4) is 0 Å². The monoisotopic (exact) mass is 253 g/mol. The summed E-state index contributed by atoms with van der Waals surface area (Å²) in [5.74, 6) is -1.60. The number of hydrogen-bond acceptors (Lipinski definition) is 2. The van der Waals surface area contributed by atoms with Crippen molar-refractivity contribution in [3.05, 3.63) is 47.2 Å². The van der Waals surface area contributed by atoms with Crippen LogP contribution in [0.25, 0.3) is 0 Å². The molecule has 0 spiro atoms. The van der Waals surface area contributed by atoms with Crippen LogP contribution in [0.4, 0.5) is 8.78 Å². The van der Waals surface area contributed by atoms with Gasteiger partial charge in [-0.25, -0.2) is 8.78 Å². The predicted molar refractivity (Wildman–Crippen MR) is 66.2 cm³/mol. The van der Waals surface area contributed by atoms with Crippen molar-refractivity contribution in [2.75, 3.05) is 13.7 Å². The molecule has 1 heterocycles. The van der Waals surface area contributed by atoms with E-state index in [-0.39, 0.29) is 6.04 Å². The third kappa shape index (κ3) is 3.07. The Bertz CT molecular complexity index is 445. The van der Waals surface area contributed by atoms with E-state index in [9.17, 15) is 8.78 Å². The van der Waals surface area contributed by atoms with Gasteiger partial charge in [0.2, 0.25) is 0 Å². The van der Waals surface area contributed by atoms with Gasteiger partial charge >= 0.3 is 0 Å². The Labute approximate surface area is 106 Å². The van der Waals surface area contributed by atoms with Crippen LogP contribution in [0.3, 0.4) is 0 Å². The van der Waals surface area contributed by atoms with Gasteiger partial charge in [0.1, 0.15) is 0 Å². The van der Waals surface area contributed by atoms with Crippen LogP contribution in [0.5, 0.6) is 0 Å². The van der Waals surface area contributed by atoms with Crippen LogP contribution < -0.4 is 5.32 Å². The number of rotatable bonds is 4. The predicted octanol–water partition coefficient (Wildman–Crippen LogP) is 2.79. The summed E-state index contributed by atoms with van der Waals surface area (Å²) >= 11 is 0. The van der Waals surface area contributed by atoms with Gasteiger partial charge in [0.05, 0.1) is 12.9 Å². The molecule has 0 amide bonds. The Hall–Kier alpha value is -1.42. The Morgan fingerprint density at radius 2 is 2.17 bits per heavy atom. The molecular formula is C14H17F2NO. The Balaban J connectivity index is 2.09. The number of ether oxygens (including phenoxy) is 1. The zero-order valence-electron chi connectivity index (χ0n) is 10.4. The topological polar surface area (TPSA) is 21.3 Å². The molecule has 18 heavy (non-hydrogen) atoms. The molecule has 2 nitrogen and oxygen atoms in total. The maximum absolute atomic E-state index is 13.1. The third-order valence-electron chi connectivity index (χ3n) is 3.18. The molecule has 2 rings (SSSR count). The van der Waals surface area contributed by atoms with Crippen LogP contribution in [0.15, 0.2) is 30.0 Å². The highest BCUT2D eigenvalue weighted by Gasteiger charge is 2.16. The first-order valence-corrected chi connectivity index (χ1v) is 6.12. The number of benzene rings is 1. The van der Waals surface area contributed by atoms with Gasteiger partial charge in [0.15, 0.2) is 11.6 Å². The van der Waals surface area contributed by atoms with E-state index in [2.05, 4.69) is 5.32 Å². The van der Waals surface area contributed by atoms with Gasteiger partial charge in [0.25, 0.3) is 0 Å². The van der Waals surface area contributed by atoms with Gasteiger partial charge in [0, 0.05) is 6.04 Å². The first-order chi connectivity index (χ1) is 8.70. The lowest BCUT2D eigenvalue weighted by atomic mass is 9.96. The summed E-state index contributed by atoms with van der Waals surface area (Å²) in [6.45, 7) is 0.755. The number of halogens is 2. The molecule has 0 aliphatic carbocycles. The summed E-state index contributed by atoms with van der Waals surface area (Å²) in [7, 11) is 1.86. The van der Waals surface area contributed by atoms with Crippen LogP contribution in [0, 0.1) is 11.6 Å². The Morgan fingerprint density at radius 3 is 2.78 bits per heavy atom. The molecule has 1 aliphatic heterocycles. The lowest BCUT2D eigenvalue weighted by Crippen LogP contribution is -2.31. The lowest BCUT2D eigenvalue weighted by Gasteiger charge is -2.23. The summed E-state index contributed by atoms with van der Waals surface area (Å²) in [6, 6.07) is 4.15. The molecule has 1 N–H and O–H groups in total. The minimum atomic E-state index is -0.806. The average molecular weight is 253 g/mol. The molecule has 1 aromatic rings. The number of nitrogens with one attached hydrogen (secondary N) is 1. The fraction of sp³-hybridized carbons (Fsp3) is 0.429. The van der Waals surface area contributed by atoms with E-state index < -0.39 is 11.6 Å². The van der Waals surface area contributed by atoms with E-state index >= 15 is 0 Å². The van der Waals surface area contributed by atoms with Gasteiger partial charge in [-0.3, -0.25) is 0 Å². The van der Waals surface area contributed by atoms with E-state index in [1.54, 1.807) is 12.3 Å². The smallest absolute Gasteiger partial charge is 0.159 e. The van der Waals surface area contributed by atoms with E-state index in [0.717, 1.165) is 25.0 Å². The Morgan fingerprint density at radius 1 is 1.33 bits per heavy atom. The SMILES string of the molecule is CNC(Cc1ccc(F)c(F)c1)C1=COCCC1. The minimum absolute atomic E-state index is 0.107. The van der Waals surface area contributed by atoms with E-state index in [1.165, 1.54) is 17.7 Å². The lowest BCUT2D eigenvalue weighted by molar-refractivity contribution is 0.219. The van der Waals surface area contributed by atoms with Gasteiger partial charge in [-0.2, -0.15) is 0 Å². The molecule has 4 heteroatoms. The zero-order chi connectivity index (χ0) is 13.0. The van der Waals surface area contributed by atoms with Crippen LogP contribution in [0.1, 0.15) is 18.4 Å². The molecule has 1 aliphatic rings. The molecule has 0 fully saturated rings. The minimum Gasteiger partial charge on any atom is -0.501 e. The first-order valence-electron chi connectivity index (χ1n) is 6.12. The second kappa shape index (κ2) is 5.96. The highest BCUT2D eigenvalue weighted by Crippen LogP contribution is 2.19. The van der Waals surface area contributed by atoms with Crippen molar-refractivity contribution >= 4 is 0 Å². The van der Waals surface area contributed by atoms with Gasteiger partial charge < -0.3 is 10.1 Å². The maximum Gasteiger partial charge on any atom is 0.159 e. The molecule has 1 atom stereocenters. The highest BCUT2D eigenvalue weighted by molar-refractivity contribution is 5.22. The molecule has 0 radical (unpaired) electrons. The second-order valence-corrected chi connectivity index (χ2v) is 4.46. The normalized spacial score (nSPS) is 16.9. The van der Waals surface area contributed by atoms with Crippen LogP contribution >= 0.6 is 0 Å². The van der Waals surface area contributed by atoms with Crippen molar-refractivity contribution in [3.63, 3.8) is 0 Å². The van der Waals surface area contributed by atoms with Gasteiger partial charge in [-0.1, -0.05) is 6.07 Å². The quantitative estimate of drug-likeness (QED) is 0.891. The average Bonchev–Trinajstić information content (AvgIpc) is 2.41. The first kappa shape index (κ1) is 13.0. The fourth-order valence-corrected chi connectivity index (χ4v) is 2.16. The highest BCUT2D eigenvalue weighted by atomic mass is 19.2. The molecule has 98 valence electrons. The standard InChI is InChI=1S/C14H17F2NO/c1-17-14(11-3-2-6-18-9-11)8-10-4-5-12(15)13(16)7-10/h4-5,7,9,14,17H,2-3,6,8H2,1H3. The van der Waals surface area contributed by atoms with Gasteiger partial charge in [-0.15, -0.1) is 0 Å². The summed E-state index contributed by atoms with van der Waals surface area (Å²) in [5.41, 5.74) is 1.95. The molecule has 0 bridgehead atoms. The van der Waals surface area contributed by atoms with E-state index in [0.29, 0.717) is 6.42 Å². The van der Waals surface area contributed by atoms with E-state index in [4.69, 9.17) is 4.74 Å². The van der Waals surface area contributed by atoms with Crippen molar-refractivity contribution < 1.29 is 13.5 Å². The van der Waals surface area contributed by atoms with E-state index in [1.807, 2.05) is 7.05 Å². The van der Waals surface area contributed by atoms with Crippen molar-refractivity contribution in [2.24, 2.45) is 0 Å². The van der Waals surface area contributed by atoms with Crippen LogP contribution in [-0.2, 0) is 11.2 Å². The fourth-order valence-electron chi connectivity index (χ4n) is 2.16. The largest absolute Gasteiger partial charge is 0.501 e. The van der Waals surface area contributed by atoms with Crippen molar-refractivity contribution in [2.45, 2.75) is 25.3 Å². The summed E-state index contributed by atoms with van der Waals surface area (Å²) in [5, 5.41) is 3.19. The van der Waals surface area contributed by atoms with Crippen LogP contribution in [-0.4, -0.2) is 19.7 Å². The number of hydrogen-bond donors (Lipinski definition) is 1. The third-order valence-corrected chi connectivity index (χ3v) is 3.18. The van der Waals surface area contributed by atoms with Crippen molar-refractivity contribution in [1.29, 1.82) is 0 Å². The molecule has 0 aromatic heterocycles. The number of likely N-dealkylation sites (N-methyl/N-ethyl adjacent to an activating group) is 1. The summed E-state index contributed by atoms with van der Waals surface area (Å²) in [6.07, 6.45) is 4.39. The van der Waals surface area contributed by atoms with Gasteiger partial charge in [-0.05, 0) is 49.6 Å². The second-order valence-electron chi connectivity index (χ2n) is 4.46. The summed E-state index contributed by atoms with van der Waals surface area (Å²) < 4.78 is 31.3. The summed E-state index contributed by atoms with van der Waals surface area (Å²) in [4.78, 5) is 0. The zero-order valence-corrected chi connectivity index (χ0v) is 10.4. The molecule has 1 unspecified atom stereocenters.